The second kappa shape index (κ2) is 6.36. The molecule has 21 heavy (non-hydrogen) atoms. The molecule has 2 N–H and O–H groups in total. The molecule has 1 aliphatic rings. The summed E-state index contributed by atoms with van der Waals surface area (Å²) < 4.78 is 29.0. The third-order valence-electron chi connectivity index (χ3n) is 3.69. The first-order valence-corrected chi connectivity index (χ1v) is 8.39. The van der Waals surface area contributed by atoms with E-state index in [0.717, 1.165) is 12.0 Å². The van der Waals surface area contributed by atoms with E-state index < -0.39 is 11.4 Å². The first kappa shape index (κ1) is 16.3. The maximum Gasteiger partial charge on any atom is 0.146 e. The summed E-state index contributed by atoms with van der Waals surface area (Å²) in [5.74, 6) is 0.508. The molecule has 116 valence electrons. The Labute approximate surface area is 129 Å². The average Bonchev–Trinajstić information content (AvgIpc) is 3.21. The lowest BCUT2D eigenvalue weighted by molar-refractivity contribution is 0.561. The predicted molar refractivity (Wildman–Crippen MR) is 87.3 cm³/mol. The molecule has 1 aromatic rings. The van der Waals surface area contributed by atoms with E-state index in [1.165, 1.54) is 18.9 Å². The van der Waals surface area contributed by atoms with Crippen LogP contribution in [-0.4, -0.2) is 15.5 Å². The van der Waals surface area contributed by atoms with Gasteiger partial charge in [0.1, 0.15) is 21.9 Å². The number of hydrogen-bond acceptors (Lipinski definition) is 3. The van der Waals surface area contributed by atoms with Crippen LogP contribution in [0.25, 0.3) is 0 Å². The van der Waals surface area contributed by atoms with Gasteiger partial charge >= 0.3 is 0 Å². The fourth-order valence-corrected chi connectivity index (χ4v) is 2.81. The fraction of sp³-hybridized carbons (Fsp3) is 0.562. The number of hydrogen-bond donors (Lipinski definition) is 1. The number of nitrogen functional groups attached to an aromatic ring is 1. The zero-order valence-corrected chi connectivity index (χ0v) is 13.6. The van der Waals surface area contributed by atoms with Crippen LogP contribution in [-0.2, 0) is 11.4 Å². The SMILES string of the molecule is CC(C)(C)[S+]([O-])N=CC[C@H](c1ccc(F)c(N)c1)C1CC1. The summed E-state index contributed by atoms with van der Waals surface area (Å²) in [5.41, 5.74) is 6.89. The van der Waals surface area contributed by atoms with Crippen LogP contribution in [0.1, 0.15) is 51.5 Å². The average molecular weight is 310 g/mol. The summed E-state index contributed by atoms with van der Waals surface area (Å²) in [6.07, 6.45) is 4.83. The Bertz CT molecular complexity index is 523. The molecule has 5 heteroatoms. The quantitative estimate of drug-likeness (QED) is 0.510. The van der Waals surface area contributed by atoms with Crippen molar-refractivity contribution >= 4 is 23.3 Å². The minimum atomic E-state index is -1.23. The van der Waals surface area contributed by atoms with Crippen molar-refractivity contribution in [2.24, 2.45) is 10.3 Å². The zero-order valence-electron chi connectivity index (χ0n) is 12.8. The lowest BCUT2D eigenvalue weighted by atomic mass is 9.91. The molecule has 1 aromatic carbocycles. The standard InChI is InChI=1S/C16H23FN2OS/c1-16(2,3)21(20)19-9-8-13(11-4-5-11)12-6-7-14(17)15(18)10-12/h6-7,9-11,13H,4-5,8,18H2,1-3H3/t13-,21?/m0/s1. The van der Waals surface area contributed by atoms with Crippen molar-refractivity contribution in [1.29, 1.82) is 0 Å². The molecule has 1 aliphatic carbocycles. The van der Waals surface area contributed by atoms with Crippen LogP contribution in [0, 0.1) is 11.7 Å². The van der Waals surface area contributed by atoms with Crippen molar-refractivity contribution in [3.63, 3.8) is 0 Å². The molecule has 2 atom stereocenters. The number of benzene rings is 1. The monoisotopic (exact) mass is 310 g/mol. The van der Waals surface area contributed by atoms with Crippen LogP contribution in [0.15, 0.2) is 22.6 Å². The van der Waals surface area contributed by atoms with E-state index in [2.05, 4.69) is 4.40 Å². The summed E-state index contributed by atoms with van der Waals surface area (Å²) in [6, 6.07) is 4.93. The Balaban J connectivity index is 2.06. The number of halogens is 1. The molecule has 0 radical (unpaired) electrons. The van der Waals surface area contributed by atoms with Gasteiger partial charge in [0, 0.05) is 0 Å². The lowest BCUT2D eigenvalue weighted by Crippen LogP contribution is -2.25. The second-order valence-electron chi connectivity index (χ2n) is 6.61. The van der Waals surface area contributed by atoms with Crippen molar-refractivity contribution in [2.75, 3.05) is 5.73 Å². The Kier molecular flexibility index (Phi) is 4.94. The molecule has 0 aliphatic heterocycles. The molecule has 0 spiro atoms. The van der Waals surface area contributed by atoms with Crippen LogP contribution in [0.5, 0.6) is 0 Å². The van der Waals surface area contributed by atoms with Crippen LogP contribution in [0.4, 0.5) is 10.1 Å². The molecule has 0 heterocycles. The largest absolute Gasteiger partial charge is 0.591 e. The van der Waals surface area contributed by atoms with Gasteiger partial charge in [0.15, 0.2) is 0 Å². The number of rotatable bonds is 5. The Morgan fingerprint density at radius 2 is 2.14 bits per heavy atom. The maximum absolute atomic E-state index is 13.3. The van der Waals surface area contributed by atoms with E-state index in [1.807, 2.05) is 20.8 Å². The second-order valence-corrected chi connectivity index (χ2v) is 8.54. The van der Waals surface area contributed by atoms with Gasteiger partial charge < -0.3 is 10.3 Å². The Morgan fingerprint density at radius 3 is 2.67 bits per heavy atom. The van der Waals surface area contributed by atoms with Gasteiger partial charge in [-0.1, -0.05) is 10.5 Å². The van der Waals surface area contributed by atoms with Crippen molar-refractivity contribution in [3.8, 4) is 0 Å². The highest BCUT2D eigenvalue weighted by Crippen LogP contribution is 2.44. The van der Waals surface area contributed by atoms with Crippen LogP contribution in [0.3, 0.4) is 0 Å². The van der Waals surface area contributed by atoms with Gasteiger partial charge in [0.05, 0.1) is 11.9 Å². The van der Waals surface area contributed by atoms with Gasteiger partial charge in [-0.25, -0.2) is 4.39 Å². The molecule has 0 bridgehead atoms. The first-order valence-electron chi connectivity index (χ1n) is 7.28. The van der Waals surface area contributed by atoms with Crippen LogP contribution >= 0.6 is 0 Å². The molecule has 3 nitrogen and oxygen atoms in total. The third kappa shape index (κ3) is 4.45. The van der Waals surface area contributed by atoms with Gasteiger partial charge in [-0.15, -0.1) is 0 Å². The highest BCUT2D eigenvalue weighted by molar-refractivity contribution is 7.91. The number of nitrogens with two attached hydrogens (primary N) is 1. The molecular formula is C16H23FN2OS. The molecule has 2 rings (SSSR count). The molecule has 1 fully saturated rings. The first-order chi connectivity index (χ1) is 9.79. The Morgan fingerprint density at radius 1 is 1.48 bits per heavy atom. The van der Waals surface area contributed by atoms with Crippen molar-refractivity contribution in [1.82, 2.24) is 0 Å². The molecule has 0 saturated heterocycles. The van der Waals surface area contributed by atoms with Crippen molar-refractivity contribution in [2.45, 2.75) is 50.7 Å². The fourth-order valence-electron chi connectivity index (χ4n) is 2.27. The van der Waals surface area contributed by atoms with Crippen molar-refractivity contribution in [3.05, 3.63) is 29.6 Å². The van der Waals surface area contributed by atoms with Gasteiger partial charge in [-0.3, -0.25) is 0 Å². The molecular weight excluding hydrogens is 287 g/mol. The third-order valence-corrected chi connectivity index (χ3v) is 5.08. The summed E-state index contributed by atoms with van der Waals surface area (Å²) >= 11 is -1.23. The lowest BCUT2D eigenvalue weighted by Gasteiger charge is -2.19. The molecule has 1 unspecified atom stereocenters. The van der Waals surface area contributed by atoms with E-state index in [4.69, 9.17) is 5.73 Å². The minimum absolute atomic E-state index is 0.188. The summed E-state index contributed by atoms with van der Waals surface area (Å²) in [7, 11) is 0. The van der Waals surface area contributed by atoms with Gasteiger partial charge in [-0.05, 0) is 69.6 Å². The molecule has 1 saturated carbocycles. The van der Waals surface area contributed by atoms with Gasteiger partial charge in [0.2, 0.25) is 0 Å². The van der Waals surface area contributed by atoms with Crippen LogP contribution in [0.2, 0.25) is 0 Å². The number of anilines is 1. The maximum atomic E-state index is 13.3. The van der Waals surface area contributed by atoms with E-state index in [-0.39, 0.29) is 22.2 Å². The summed E-state index contributed by atoms with van der Waals surface area (Å²) in [5, 5.41) is 0. The van der Waals surface area contributed by atoms with Gasteiger partial charge in [0.25, 0.3) is 0 Å². The highest BCUT2D eigenvalue weighted by Gasteiger charge is 2.32. The van der Waals surface area contributed by atoms with Crippen molar-refractivity contribution < 1.29 is 8.94 Å². The summed E-state index contributed by atoms with van der Waals surface area (Å²) in [4.78, 5) is 0. The smallest absolute Gasteiger partial charge is 0.146 e. The van der Waals surface area contributed by atoms with E-state index in [9.17, 15) is 8.94 Å². The number of nitrogens with zero attached hydrogens (tertiary/aromatic N) is 1. The van der Waals surface area contributed by atoms with E-state index in [1.54, 1.807) is 18.3 Å². The predicted octanol–water partition coefficient (Wildman–Crippen LogP) is 3.82. The topological polar surface area (TPSA) is 61.4 Å². The van der Waals surface area contributed by atoms with E-state index in [0.29, 0.717) is 5.92 Å². The minimum Gasteiger partial charge on any atom is -0.591 e. The normalized spacial score (nSPS) is 18.9. The van der Waals surface area contributed by atoms with Gasteiger partial charge in [-0.2, -0.15) is 0 Å². The molecule has 0 amide bonds. The Hall–Kier alpha value is -1.07. The highest BCUT2D eigenvalue weighted by atomic mass is 32.2. The summed E-state index contributed by atoms with van der Waals surface area (Å²) in [6.45, 7) is 5.71. The van der Waals surface area contributed by atoms with Crippen LogP contribution < -0.4 is 5.73 Å². The van der Waals surface area contributed by atoms with E-state index >= 15 is 0 Å². The molecule has 0 aromatic heterocycles. The zero-order chi connectivity index (χ0) is 15.6.